The van der Waals surface area contributed by atoms with Gasteiger partial charge < -0.3 is 10.0 Å². The third-order valence-corrected chi connectivity index (χ3v) is 3.37. The maximum absolute atomic E-state index is 13.8. The van der Waals surface area contributed by atoms with Crippen LogP contribution in [-0.4, -0.2) is 40.0 Å². The molecule has 6 heteroatoms. The molecule has 0 saturated carbocycles. The molecule has 2 aromatic rings. The zero-order valence-electron chi connectivity index (χ0n) is 13.1. The molecule has 0 fully saturated rings. The first kappa shape index (κ1) is 16.9. The van der Waals surface area contributed by atoms with Crippen molar-refractivity contribution < 1.29 is 19.1 Å². The summed E-state index contributed by atoms with van der Waals surface area (Å²) in [5.74, 6) is -1.73. The number of hydrogen-bond donors (Lipinski definition) is 1. The Morgan fingerprint density at radius 3 is 2.74 bits per heavy atom. The number of amides is 1. The van der Waals surface area contributed by atoms with Gasteiger partial charge in [0.1, 0.15) is 5.82 Å². The SMILES string of the molecule is CC(C)CN(CCC(=O)O)C(=O)c1cc(F)cc2cccnc12. The lowest BCUT2D eigenvalue weighted by molar-refractivity contribution is -0.137. The van der Waals surface area contributed by atoms with E-state index in [1.165, 1.54) is 11.0 Å². The Morgan fingerprint density at radius 1 is 1.35 bits per heavy atom. The molecule has 0 radical (unpaired) electrons. The van der Waals surface area contributed by atoms with Crippen molar-refractivity contribution in [3.05, 3.63) is 41.8 Å². The van der Waals surface area contributed by atoms with E-state index in [1.54, 1.807) is 18.3 Å². The Hall–Kier alpha value is -2.50. The number of rotatable bonds is 6. The summed E-state index contributed by atoms with van der Waals surface area (Å²) in [7, 11) is 0. The lowest BCUT2D eigenvalue weighted by atomic mass is 10.1. The van der Waals surface area contributed by atoms with E-state index in [1.807, 2.05) is 13.8 Å². The highest BCUT2D eigenvalue weighted by Crippen LogP contribution is 2.20. The van der Waals surface area contributed by atoms with Crippen LogP contribution in [-0.2, 0) is 4.79 Å². The van der Waals surface area contributed by atoms with E-state index >= 15 is 0 Å². The van der Waals surface area contributed by atoms with Gasteiger partial charge in [-0.05, 0) is 24.1 Å². The maximum Gasteiger partial charge on any atom is 0.305 e. The Morgan fingerprint density at radius 2 is 2.09 bits per heavy atom. The zero-order chi connectivity index (χ0) is 17.0. The number of carboxylic acids is 1. The first-order valence-electron chi connectivity index (χ1n) is 7.44. The molecule has 5 nitrogen and oxygen atoms in total. The average Bonchev–Trinajstić information content (AvgIpc) is 2.49. The van der Waals surface area contributed by atoms with Gasteiger partial charge in [0.05, 0.1) is 17.5 Å². The number of halogens is 1. The second-order valence-corrected chi connectivity index (χ2v) is 5.82. The van der Waals surface area contributed by atoms with Crippen molar-refractivity contribution in [2.24, 2.45) is 5.92 Å². The van der Waals surface area contributed by atoms with Gasteiger partial charge in [-0.2, -0.15) is 0 Å². The van der Waals surface area contributed by atoms with Gasteiger partial charge in [0.2, 0.25) is 0 Å². The lowest BCUT2D eigenvalue weighted by Crippen LogP contribution is -2.36. The number of hydrogen-bond acceptors (Lipinski definition) is 3. The minimum Gasteiger partial charge on any atom is -0.481 e. The van der Waals surface area contributed by atoms with Gasteiger partial charge in [-0.25, -0.2) is 4.39 Å². The standard InChI is InChI=1S/C17H19FN2O3/c1-11(2)10-20(7-5-15(21)22)17(23)14-9-13(18)8-12-4-3-6-19-16(12)14/h3-4,6,8-9,11H,5,7,10H2,1-2H3,(H,21,22). The van der Waals surface area contributed by atoms with Crippen LogP contribution in [0.25, 0.3) is 10.9 Å². The summed E-state index contributed by atoms with van der Waals surface area (Å²) in [4.78, 5) is 29.2. The maximum atomic E-state index is 13.8. The Balaban J connectivity index is 2.40. The number of pyridine rings is 1. The Kier molecular flexibility index (Phi) is 5.26. The molecule has 122 valence electrons. The molecule has 1 amide bonds. The number of nitrogens with zero attached hydrogens (tertiary/aromatic N) is 2. The van der Waals surface area contributed by atoms with E-state index in [4.69, 9.17) is 5.11 Å². The van der Waals surface area contributed by atoms with Crippen molar-refractivity contribution in [2.45, 2.75) is 20.3 Å². The summed E-state index contributed by atoms with van der Waals surface area (Å²) in [5.41, 5.74) is 0.578. The fourth-order valence-electron chi connectivity index (χ4n) is 2.44. The van der Waals surface area contributed by atoms with Crippen LogP contribution in [0.15, 0.2) is 30.5 Å². The average molecular weight is 318 g/mol. The highest BCUT2D eigenvalue weighted by Gasteiger charge is 2.21. The molecule has 0 aliphatic heterocycles. The second kappa shape index (κ2) is 7.17. The fourth-order valence-corrected chi connectivity index (χ4v) is 2.44. The molecule has 1 aromatic heterocycles. The monoisotopic (exact) mass is 318 g/mol. The Labute approximate surface area is 133 Å². The molecule has 1 N–H and O–H groups in total. The predicted octanol–water partition coefficient (Wildman–Crippen LogP) is 2.95. The van der Waals surface area contributed by atoms with Gasteiger partial charge in [-0.3, -0.25) is 14.6 Å². The quantitative estimate of drug-likeness (QED) is 0.889. The molecule has 0 unspecified atom stereocenters. The minimum absolute atomic E-state index is 0.0805. The minimum atomic E-state index is -0.978. The smallest absolute Gasteiger partial charge is 0.305 e. The van der Waals surface area contributed by atoms with Crippen LogP contribution in [0, 0.1) is 11.7 Å². The predicted molar refractivity (Wildman–Crippen MR) is 84.7 cm³/mol. The van der Waals surface area contributed by atoms with Gasteiger partial charge >= 0.3 is 5.97 Å². The number of fused-ring (bicyclic) bond motifs is 1. The molecular weight excluding hydrogens is 299 g/mol. The van der Waals surface area contributed by atoms with Crippen molar-refractivity contribution in [1.29, 1.82) is 0 Å². The normalized spacial score (nSPS) is 11.0. The first-order chi connectivity index (χ1) is 10.9. The molecule has 1 heterocycles. The number of carbonyl (C=O) groups is 2. The van der Waals surface area contributed by atoms with E-state index in [0.717, 1.165) is 6.07 Å². The molecule has 0 spiro atoms. The summed E-state index contributed by atoms with van der Waals surface area (Å²) in [6.45, 7) is 4.35. The van der Waals surface area contributed by atoms with E-state index in [-0.39, 0.29) is 24.4 Å². The van der Waals surface area contributed by atoms with Crippen LogP contribution in [0.2, 0.25) is 0 Å². The van der Waals surface area contributed by atoms with Crippen molar-refractivity contribution in [3.8, 4) is 0 Å². The molecule has 1 aromatic carbocycles. The third-order valence-electron chi connectivity index (χ3n) is 3.37. The van der Waals surface area contributed by atoms with Crippen molar-refractivity contribution in [1.82, 2.24) is 9.88 Å². The van der Waals surface area contributed by atoms with Crippen molar-refractivity contribution >= 4 is 22.8 Å². The van der Waals surface area contributed by atoms with Crippen LogP contribution < -0.4 is 0 Å². The summed E-state index contributed by atoms with van der Waals surface area (Å²) in [6.07, 6.45) is 1.39. The van der Waals surface area contributed by atoms with E-state index in [0.29, 0.717) is 17.4 Å². The van der Waals surface area contributed by atoms with Crippen LogP contribution >= 0.6 is 0 Å². The first-order valence-corrected chi connectivity index (χ1v) is 7.44. The number of carboxylic acid groups (broad SMARTS) is 1. The second-order valence-electron chi connectivity index (χ2n) is 5.82. The molecule has 0 saturated heterocycles. The number of aromatic nitrogens is 1. The van der Waals surface area contributed by atoms with Crippen LogP contribution in [0.3, 0.4) is 0 Å². The fraction of sp³-hybridized carbons (Fsp3) is 0.353. The summed E-state index contributed by atoms with van der Waals surface area (Å²) in [6, 6.07) is 5.84. The highest BCUT2D eigenvalue weighted by atomic mass is 19.1. The lowest BCUT2D eigenvalue weighted by Gasteiger charge is -2.24. The topological polar surface area (TPSA) is 70.5 Å². The summed E-state index contributed by atoms with van der Waals surface area (Å²) >= 11 is 0. The van der Waals surface area contributed by atoms with Gasteiger partial charge in [0.25, 0.3) is 5.91 Å². The third kappa shape index (κ3) is 4.25. The summed E-state index contributed by atoms with van der Waals surface area (Å²) < 4.78 is 13.8. The molecule has 23 heavy (non-hydrogen) atoms. The van der Waals surface area contributed by atoms with Gasteiger partial charge in [0, 0.05) is 24.7 Å². The number of carbonyl (C=O) groups excluding carboxylic acids is 1. The van der Waals surface area contributed by atoms with Gasteiger partial charge in [0.15, 0.2) is 0 Å². The largest absolute Gasteiger partial charge is 0.481 e. The summed E-state index contributed by atoms with van der Waals surface area (Å²) in [5, 5.41) is 9.39. The van der Waals surface area contributed by atoms with Crippen LogP contribution in [0.5, 0.6) is 0 Å². The van der Waals surface area contributed by atoms with Gasteiger partial charge in [-0.1, -0.05) is 19.9 Å². The number of benzene rings is 1. The van der Waals surface area contributed by atoms with Crippen LogP contribution in [0.1, 0.15) is 30.6 Å². The number of aliphatic carboxylic acids is 1. The van der Waals surface area contributed by atoms with E-state index < -0.39 is 17.7 Å². The van der Waals surface area contributed by atoms with E-state index in [9.17, 15) is 14.0 Å². The zero-order valence-corrected chi connectivity index (χ0v) is 13.1. The molecular formula is C17H19FN2O3. The van der Waals surface area contributed by atoms with Crippen molar-refractivity contribution in [3.63, 3.8) is 0 Å². The molecule has 0 bridgehead atoms. The highest BCUT2D eigenvalue weighted by molar-refractivity contribution is 6.05. The molecule has 2 rings (SSSR count). The van der Waals surface area contributed by atoms with Crippen LogP contribution in [0.4, 0.5) is 4.39 Å². The van der Waals surface area contributed by atoms with Crippen molar-refractivity contribution in [2.75, 3.05) is 13.1 Å². The molecule has 0 atom stereocenters. The van der Waals surface area contributed by atoms with E-state index in [2.05, 4.69) is 4.98 Å². The molecule has 0 aliphatic carbocycles. The van der Waals surface area contributed by atoms with Gasteiger partial charge in [-0.15, -0.1) is 0 Å². The Bertz CT molecular complexity index is 731. The molecule has 0 aliphatic rings.